The van der Waals surface area contributed by atoms with E-state index in [-0.39, 0.29) is 12.3 Å². The van der Waals surface area contributed by atoms with E-state index < -0.39 is 5.97 Å². The zero-order valence-corrected chi connectivity index (χ0v) is 12.0. The molecule has 0 unspecified atom stereocenters. The second-order valence-corrected chi connectivity index (χ2v) is 4.73. The predicted octanol–water partition coefficient (Wildman–Crippen LogP) is 1.83. The number of carbonyl (C=O) groups is 2. The summed E-state index contributed by atoms with van der Waals surface area (Å²) in [5.74, 6) is -0.811. The molecule has 0 spiro atoms. The first-order valence-electron chi connectivity index (χ1n) is 6.34. The highest BCUT2D eigenvalue weighted by Gasteiger charge is 2.09. The maximum atomic E-state index is 11.4. The third-order valence-electron chi connectivity index (χ3n) is 3.07. The second kappa shape index (κ2) is 6.92. The SMILES string of the molecule is COC(=O)CC(=O)NCCc1c(C)cc(C)cc1C. The Morgan fingerprint density at radius 3 is 2.26 bits per heavy atom. The molecule has 0 radical (unpaired) electrons. The van der Waals surface area contributed by atoms with Gasteiger partial charge in [0.1, 0.15) is 6.42 Å². The summed E-state index contributed by atoms with van der Waals surface area (Å²) >= 11 is 0. The van der Waals surface area contributed by atoms with E-state index in [1.54, 1.807) is 0 Å². The molecule has 0 aliphatic carbocycles. The van der Waals surface area contributed by atoms with Crippen molar-refractivity contribution in [1.29, 1.82) is 0 Å². The second-order valence-electron chi connectivity index (χ2n) is 4.73. The number of ether oxygens (including phenoxy) is 1. The maximum Gasteiger partial charge on any atom is 0.315 e. The van der Waals surface area contributed by atoms with Crippen molar-refractivity contribution >= 4 is 11.9 Å². The summed E-state index contributed by atoms with van der Waals surface area (Å²) < 4.78 is 4.44. The van der Waals surface area contributed by atoms with E-state index >= 15 is 0 Å². The lowest BCUT2D eigenvalue weighted by Crippen LogP contribution is -2.28. The Bertz CT molecular complexity index is 457. The fraction of sp³-hybridized carbons (Fsp3) is 0.467. The summed E-state index contributed by atoms with van der Waals surface area (Å²) in [5, 5.41) is 2.73. The Kier molecular flexibility index (Phi) is 5.55. The average molecular weight is 263 g/mol. The minimum atomic E-state index is -0.514. The van der Waals surface area contributed by atoms with Crippen LogP contribution in [0, 0.1) is 20.8 Å². The zero-order chi connectivity index (χ0) is 14.4. The highest BCUT2D eigenvalue weighted by Crippen LogP contribution is 2.16. The number of amides is 1. The van der Waals surface area contributed by atoms with Crippen LogP contribution in [0.3, 0.4) is 0 Å². The molecule has 0 atom stereocenters. The van der Waals surface area contributed by atoms with Crippen LogP contribution in [0.25, 0.3) is 0 Å². The predicted molar refractivity (Wildman–Crippen MR) is 74.0 cm³/mol. The van der Waals surface area contributed by atoms with Crippen LogP contribution in [-0.2, 0) is 20.7 Å². The Hall–Kier alpha value is -1.84. The Balaban J connectivity index is 2.50. The van der Waals surface area contributed by atoms with Crippen LogP contribution < -0.4 is 5.32 Å². The van der Waals surface area contributed by atoms with E-state index in [0.29, 0.717) is 6.54 Å². The number of benzene rings is 1. The molecule has 1 aromatic rings. The average Bonchev–Trinajstić information content (AvgIpc) is 2.32. The normalized spacial score (nSPS) is 10.1. The molecule has 0 saturated heterocycles. The molecule has 19 heavy (non-hydrogen) atoms. The monoisotopic (exact) mass is 263 g/mol. The van der Waals surface area contributed by atoms with Gasteiger partial charge in [-0.25, -0.2) is 0 Å². The zero-order valence-electron chi connectivity index (χ0n) is 12.0. The summed E-state index contributed by atoms with van der Waals surface area (Å²) in [5.41, 5.74) is 4.97. The third kappa shape index (κ3) is 4.73. The Morgan fingerprint density at radius 1 is 1.16 bits per heavy atom. The van der Waals surface area contributed by atoms with E-state index in [4.69, 9.17) is 0 Å². The third-order valence-corrected chi connectivity index (χ3v) is 3.07. The number of hydrogen-bond donors (Lipinski definition) is 1. The molecule has 0 aliphatic heterocycles. The quantitative estimate of drug-likeness (QED) is 0.651. The number of nitrogens with one attached hydrogen (secondary N) is 1. The summed E-state index contributed by atoms with van der Waals surface area (Å²) in [7, 11) is 1.27. The van der Waals surface area contributed by atoms with Crippen molar-refractivity contribution in [2.24, 2.45) is 0 Å². The van der Waals surface area contributed by atoms with Gasteiger partial charge in [-0.3, -0.25) is 9.59 Å². The number of rotatable bonds is 5. The van der Waals surface area contributed by atoms with Gasteiger partial charge in [-0.15, -0.1) is 0 Å². The molecule has 0 bridgehead atoms. The van der Waals surface area contributed by atoms with Crippen molar-refractivity contribution in [2.45, 2.75) is 33.6 Å². The number of methoxy groups -OCH3 is 1. The van der Waals surface area contributed by atoms with Crippen LogP contribution in [0.1, 0.15) is 28.7 Å². The van der Waals surface area contributed by atoms with Gasteiger partial charge in [-0.05, 0) is 43.9 Å². The van der Waals surface area contributed by atoms with E-state index in [2.05, 4.69) is 43.0 Å². The van der Waals surface area contributed by atoms with Gasteiger partial charge in [0.15, 0.2) is 0 Å². The lowest BCUT2D eigenvalue weighted by Gasteiger charge is -2.11. The lowest BCUT2D eigenvalue weighted by atomic mass is 9.97. The fourth-order valence-corrected chi connectivity index (χ4v) is 2.20. The molecule has 0 heterocycles. The van der Waals surface area contributed by atoms with Crippen molar-refractivity contribution in [3.8, 4) is 0 Å². The van der Waals surface area contributed by atoms with Crippen LogP contribution >= 0.6 is 0 Å². The first-order valence-corrected chi connectivity index (χ1v) is 6.34. The minimum absolute atomic E-state index is 0.220. The molecular weight excluding hydrogens is 242 g/mol. The van der Waals surface area contributed by atoms with Gasteiger partial charge in [0.05, 0.1) is 7.11 Å². The summed E-state index contributed by atoms with van der Waals surface area (Å²) in [6, 6.07) is 4.28. The first kappa shape index (κ1) is 15.2. The van der Waals surface area contributed by atoms with E-state index in [9.17, 15) is 9.59 Å². The van der Waals surface area contributed by atoms with Crippen LogP contribution in [0.15, 0.2) is 12.1 Å². The van der Waals surface area contributed by atoms with Gasteiger partial charge >= 0.3 is 5.97 Å². The highest BCUT2D eigenvalue weighted by molar-refractivity contribution is 5.94. The van der Waals surface area contributed by atoms with Crippen LogP contribution in [-0.4, -0.2) is 25.5 Å². The summed E-state index contributed by atoms with van der Waals surface area (Å²) in [4.78, 5) is 22.3. The number of carbonyl (C=O) groups excluding carboxylic acids is 2. The number of hydrogen-bond acceptors (Lipinski definition) is 3. The molecule has 0 aliphatic rings. The molecule has 4 heteroatoms. The van der Waals surface area contributed by atoms with Crippen molar-refractivity contribution in [2.75, 3.05) is 13.7 Å². The van der Waals surface area contributed by atoms with Crippen LogP contribution in [0.4, 0.5) is 0 Å². The fourth-order valence-electron chi connectivity index (χ4n) is 2.20. The van der Waals surface area contributed by atoms with Gasteiger partial charge in [0, 0.05) is 6.54 Å². The molecule has 1 aromatic carbocycles. The van der Waals surface area contributed by atoms with Crippen LogP contribution in [0.2, 0.25) is 0 Å². The van der Waals surface area contributed by atoms with Gasteiger partial charge < -0.3 is 10.1 Å². The molecular formula is C15H21NO3. The van der Waals surface area contributed by atoms with E-state index in [1.165, 1.54) is 29.4 Å². The maximum absolute atomic E-state index is 11.4. The van der Waals surface area contributed by atoms with Crippen molar-refractivity contribution < 1.29 is 14.3 Å². The Labute approximate surface area is 114 Å². The molecule has 0 fully saturated rings. The van der Waals surface area contributed by atoms with E-state index in [0.717, 1.165) is 6.42 Å². The number of aryl methyl sites for hydroxylation is 3. The molecule has 104 valence electrons. The lowest BCUT2D eigenvalue weighted by molar-refractivity contribution is -0.143. The smallest absolute Gasteiger partial charge is 0.315 e. The molecule has 0 saturated carbocycles. The highest BCUT2D eigenvalue weighted by atomic mass is 16.5. The van der Waals surface area contributed by atoms with Gasteiger partial charge in [0.2, 0.25) is 5.91 Å². The van der Waals surface area contributed by atoms with Crippen LogP contribution in [0.5, 0.6) is 0 Å². The molecule has 1 rings (SSSR count). The van der Waals surface area contributed by atoms with Gasteiger partial charge in [0.25, 0.3) is 0 Å². The standard InChI is InChI=1S/C15H21NO3/c1-10-7-11(2)13(12(3)8-10)5-6-16-14(17)9-15(18)19-4/h7-8H,5-6,9H2,1-4H3,(H,16,17). The minimum Gasteiger partial charge on any atom is -0.469 e. The summed E-state index contributed by atoms with van der Waals surface area (Å²) in [6.45, 7) is 6.75. The van der Waals surface area contributed by atoms with E-state index in [1.807, 2.05) is 0 Å². The molecule has 0 aromatic heterocycles. The largest absolute Gasteiger partial charge is 0.469 e. The number of esters is 1. The first-order chi connectivity index (χ1) is 8.93. The van der Waals surface area contributed by atoms with Gasteiger partial charge in [-0.2, -0.15) is 0 Å². The molecule has 1 amide bonds. The topological polar surface area (TPSA) is 55.4 Å². The Morgan fingerprint density at radius 2 is 1.74 bits per heavy atom. The van der Waals surface area contributed by atoms with Gasteiger partial charge in [-0.1, -0.05) is 17.7 Å². The van der Waals surface area contributed by atoms with Crippen molar-refractivity contribution in [3.05, 3.63) is 34.4 Å². The summed E-state index contributed by atoms with van der Waals surface area (Å²) in [6.07, 6.45) is 0.549. The molecule has 4 nitrogen and oxygen atoms in total. The van der Waals surface area contributed by atoms with Crippen molar-refractivity contribution in [3.63, 3.8) is 0 Å². The molecule has 1 N–H and O–H groups in total. The van der Waals surface area contributed by atoms with Crippen molar-refractivity contribution in [1.82, 2.24) is 5.32 Å².